The standard InChI is InChI=1S/C7H15IO4/c1-9-2-3-10-4-5-11-6-7-12-8/h2-7H2,1H3. The maximum atomic E-state index is 5.16. The molecule has 0 saturated carbocycles. The molecule has 0 unspecified atom stereocenters. The molecule has 4 nitrogen and oxygen atoms in total. The van der Waals surface area contributed by atoms with Gasteiger partial charge in [-0.15, -0.1) is 0 Å². The van der Waals surface area contributed by atoms with Gasteiger partial charge in [-0.1, -0.05) is 0 Å². The molecular weight excluding hydrogens is 275 g/mol. The van der Waals surface area contributed by atoms with Crippen molar-refractivity contribution in [2.45, 2.75) is 0 Å². The van der Waals surface area contributed by atoms with Gasteiger partial charge in [-0.25, -0.2) is 0 Å². The molecule has 0 aliphatic carbocycles. The summed E-state index contributed by atoms with van der Waals surface area (Å²) in [5, 5.41) is 0. The average molecular weight is 290 g/mol. The summed E-state index contributed by atoms with van der Waals surface area (Å²) >= 11 is 1.84. The molecule has 0 radical (unpaired) electrons. The number of halogens is 1. The van der Waals surface area contributed by atoms with E-state index in [2.05, 4.69) is 0 Å². The third-order valence-electron chi connectivity index (χ3n) is 1.11. The second-order valence-electron chi connectivity index (χ2n) is 2.03. The zero-order valence-electron chi connectivity index (χ0n) is 7.25. The Labute approximate surface area is 87.2 Å². The summed E-state index contributed by atoms with van der Waals surface area (Å²) in [6.07, 6.45) is 0. The first-order chi connectivity index (χ1) is 5.91. The molecule has 0 fully saturated rings. The molecule has 12 heavy (non-hydrogen) atoms. The van der Waals surface area contributed by atoms with Crippen molar-refractivity contribution in [3.63, 3.8) is 0 Å². The molecule has 0 rings (SSSR count). The van der Waals surface area contributed by atoms with Crippen molar-refractivity contribution in [3.8, 4) is 0 Å². The molecule has 0 atom stereocenters. The number of hydrogen-bond acceptors (Lipinski definition) is 4. The smallest absolute Gasteiger partial charge is 0.109 e. The Morgan fingerprint density at radius 1 is 0.833 bits per heavy atom. The minimum atomic E-state index is 0.615. The third-order valence-corrected chi connectivity index (χ3v) is 1.55. The fourth-order valence-electron chi connectivity index (χ4n) is 0.555. The van der Waals surface area contributed by atoms with E-state index in [1.807, 2.05) is 23.0 Å². The molecule has 0 aromatic carbocycles. The first kappa shape index (κ1) is 12.6. The Hall–Kier alpha value is 0.570. The summed E-state index contributed by atoms with van der Waals surface area (Å²) in [5.74, 6) is 0. The predicted octanol–water partition coefficient (Wildman–Crippen LogP) is 1.03. The lowest BCUT2D eigenvalue weighted by molar-refractivity contribution is 0.0206. The molecule has 74 valence electrons. The van der Waals surface area contributed by atoms with Crippen LogP contribution in [0, 0.1) is 0 Å². The van der Waals surface area contributed by atoms with Gasteiger partial charge in [-0.05, 0) is 0 Å². The number of ether oxygens (including phenoxy) is 3. The van der Waals surface area contributed by atoms with Gasteiger partial charge in [0.25, 0.3) is 0 Å². The van der Waals surface area contributed by atoms with Gasteiger partial charge in [0.05, 0.1) is 39.6 Å². The molecular formula is C7H15IO4. The lowest BCUT2D eigenvalue weighted by Gasteiger charge is -2.03. The van der Waals surface area contributed by atoms with Crippen LogP contribution in [0.1, 0.15) is 0 Å². The molecule has 0 saturated heterocycles. The van der Waals surface area contributed by atoms with Crippen LogP contribution in [0.25, 0.3) is 0 Å². The van der Waals surface area contributed by atoms with Crippen LogP contribution in [0.3, 0.4) is 0 Å². The van der Waals surface area contributed by atoms with Crippen molar-refractivity contribution in [3.05, 3.63) is 0 Å². The summed E-state index contributed by atoms with van der Waals surface area (Å²) in [6, 6.07) is 0. The maximum Gasteiger partial charge on any atom is 0.109 e. The van der Waals surface area contributed by atoms with E-state index in [-0.39, 0.29) is 0 Å². The van der Waals surface area contributed by atoms with Crippen LogP contribution < -0.4 is 0 Å². The molecule has 0 spiro atoms. The summed E-state index contributed by atoms with van der Waals surface area (Å²) in [4.78, 5) is 0. The third kappa shape index (κ3) is 10.6. The minimum Gasteiger partial charge on any atom is -0.382 e. The van der Waals surface area contributed by atoms with Crippen LogP contribution in [-0.2, 0) is 17.3 Å². The fourth-order valence-corrected chi connectivity index (χ4v) is 0.734. The Balaban J connectivity index is 2.73. The number of methoxy groups -OCH3 is 1. The summed E-state index contributed by atoms with van der Waals surface area (Å²) in [5.41, 5.74) is 0. The second-order valence-corrected chi connectivity index (χ2v) is 2.65. The van der Waals surface area contributed by atoms with Crippen LogP contribution >= 0.6 is 23.0 Å². The quantitative estimate of drug-likeness (QED) is 0.469. The van der Waals surface area contributed by atoms with Crippen molar-refractivity contribution in [2.75, 3.05) is 46.8 Å². The van der Waals surface area contributed by atoms with Crippen LogP contribution in [0.15, 0.2) is 0 Å². The first-order valence-electron chi connectivity index (χ1n) is 3.79. The van der Waals surface area contributed by atoms with Gasteiger partial charge in [0.15, 0.2) is 0 Å². The topological polar surface area (TPSA) is 36.9 Å². The SMILES string of the molecule is COCCOCCOCCOI. The van der Waals surface area contributed by atoms with Crippen LogP contribution in [0.5, 0.6) is 0 Å². The number of hydrogen-bond donors (Lipinski definition) is 0. The van der Waals surface area contributed by atoms with Gasteiger partial charge in [0.2, 0.25) is 0 Å². The lowest BCUT2D eigenvalue weighted by Crippen LogP contribution is -2.10. The number of rotatable bonds is 9. The zero-order valence-corrected chi connectivity index (χ0v) is 9.41. The van der Waals surface area contributed by atoms with E-state index in [0.29, 0.717) is 39.6 Å². The Kier molecular flexibility index (Phi) is 12.1. The monoisotopic (exact) mass is 290 g/mol. The van der Waals surface area contributed by atoms with E-state index >= 15 is 0 Å². The van der Waals surface area contributed by atoms with Gasteiger partial charge in [0, 0.05) is 7.11 Å². The molecule has 0 aromatic heterocycles. The van der Waals surface area contributed by atoms with Crippen molar-refractivity contribution < 1.29 is 17.3 Å². The molecule has 5 heteroatoms. The average Bonchev–Trinajstić information content (AvgIpc) is 2.10. The molecule has 0 heterocycles. The van der Waals surface area contributed by atoms with E-state index in [4.69, 9.17) is 17.3 Å². The second kappa shape index (κ2) is 11.6. The van der Waals surface area contributed by atoms with Gasteiger partial charge >= 0.3 is 0 Å². The van der Waals surface area contributed by atoms with Crippen molar-refractivity contribution in [2.24, 2.45) is 0 Å². The highest BCUT2D eigenvalue weighted by molar-refractivity contribution is 14.1. The lowest BCUT2D eigenvalue weighted by atomic mass is 10.7. The molecule has 0 aliphatic rings. The van der Waals surface area contributed by atoms with Crippen molar-refractivity contribution in [1.82, 2.24) is 0 Å². The van der Waals surface area contributed by atoms with Crippen molar-refractivity contribution in [1.29, 1.82) is 0 Å². The molecule has 0 amide bonds. The van der Waals surface area contributed by atoms with Crippen LogP contribution in [0.4, 0.5) is 0 Å². The van der Waals surface area contributed by atoms with Gasteiger partial charge < -0.3 is 17.3 Å². The van der Waals surface area contributed by atoms with Crippen LogP contribution in [-0.4, -0.2) is 46.8 Å². The highest BCUT2D eigenvalue weighted by Crippen LogP contribution is 1.85. The van der Waals surface area contributed by atoms with E-state index in [9.17, 15) is 0 Å². The fraction of sp³-hybridized carbons (Fsp3) is 1.00. The highest BCUT2D eigenvalue weighted by atomic mass is 127. The van der Waals surface area contributed by atoms with Gasteiger partial charge in [0.1, 0.15) is 23.0 Å². The minimum absolute atomic E-state index is 0.615. The molecule has 0 N–H and O–H groups in total. The Bertz CT molecular complexity index is 71.8. The Morgan fingerprint density at radius 2 is 1.33 bits per heavy atom. The van der Waals surface area contributed by atoms with Gasteiger partial charge in [-0.3, -0.25) is 0 Å². The summed E-state index contributed by atoms with van der Waals surface area (Å²) in [6.45, 7) is 3.74. The Morgan fingerprint density at radius 3 is 1.83 bits per heavy atom. The highest BCUT2D eigenvalue weighted by Gasteiger charge is 1.89. The van der Waals surface area contributed by atoms with E-state index < -0.39 is 0 Å². The normalized spacial score (nSPS) is 10.5. The van der Waals surface area contributed by atoms with Crippen LogP contribution in [0.2, 0.25) is 0 Å². The van der Waals surface area contributed by atoms with E-state index in [1.165, 1.54) is 0 Å². The molecule has 0 aromatic rings. The summed E-state index contributed by atoms with van der Waals surface area (Å²) < 4.78 is 19.9. The first-order valence-corrected chi connectivity index (χ1v) is 4.68. The van der Waals surface area contributed by atoms with Gasteiger partial charge in [-0.2, -0.15) is 0 Å². The van der Waals surface area contributed by atoms with E-state index in [0.717, 1.165) is 0 Å². The maximum absolute atomic E-state index is 5.16. The largest absolute Gasteiger partial charge is 0.382 e. The van der Waals surface area contributed by atoms with E-state index in [1.54, 1.807) is 7.11 Å². The van der Waals surface area contributed by atoms with Crippen molar-refractivity contribution >= 4 is 23.0 Å². The molecule has 0 aliphatic heterocycles. The summed E-state index contributed by atoms with van der Waals surface area (Å²) in [7, 11) is 1.65. The zero-order chi connectivity index (χ0) is 9.07. The predicted molar refractivity (Wildman–Crippen MR) is 53.5 cm³/mol. The molecule has 0 bridgehead atoms.